The Balaban J connectivity index is 1.12. The lowest BCUT2D eigenvalue weighted by Crippen LogP contribution is -2.61. The van der Waals surface area contributed by atoms with Gasteiger partial charge in [0, 0.05) is 61.5 Å². The predicted molar refractivity (Wildman–Crippen MR) is 345 cm³/mol. The lowest BCUT2D eigenvalue weighted by molar-refractivity contribution is 0.795. The van der Waals surface area contributed by atoms with Crippen LogP contribution in [-0.4, -0.2) is 11.3 Å². The molecule has 0 bridgehead atoms. The Kier molecular flexibility index (Phi) is 12.0. The van der Waals surface area contributed by atoms with E-state index in [0.717, 1.165) is 30.6 Å². The summed E-state index contributed by atoms with van der Waals surface area (Å²) >= 11 is 0. The van der Waals surface area contributed by atoms with Crippen molar-refractivity contribution in [2.45, 2.75) is 33.1 Å². The van der Waals surface area contributed by atoms with Gasteiger partial charge in [-0.05, 0) is 123 Å². The minimum atomic E-state index is -0.140. The Morgan fingerprint density at radius 1 is 0.346 bits per heavy atom. The standard InChI is InChI=1S/C77H58BN3/c1-3-4-26-53-48-73-75-74(49-53)81(77-63(57-33-15-8-16-34-57)40-24-41-66(77)60-35-18-17-25-52(60)2)72-51-59(79-69-42-21-19-36-64(69)65-37-20-22-43-70(65)79)45-46-67(72)78(75)68-50-58(54-27-9-5-10-28-54)44-47-71(68)80(73)76-61(55-29-11-6-12-30-55)38-23-39-62(76)56-31-13-7-14-32-56/h5-25,27-51H,3-4,26H2,1-2H3. The van der Waals surface area contributed by atoms with Crippen LogP contribution in [0.2, 0.25) is 0 Å². The smallest absolute Gasteiger partial charge is 0.252 e. The van der Waals surface area contributed by atoms with Gasteiger partial charge in [-0.2, -0.15) is 0 Å². The number of aryl methyl sites for hydroxylation is 2. The summed E-state index contributed by atoms with van der Waals surface area (Å²) in [6, 6.07) is 104. The van der Waals surface area contributed by atoms with Crippen molar-refractivity contribution >= 4 is 79.0 Å². The highest BCUT2D eigenvalue weighted by atomic mass is 15.2. The molecule has 2 aliphatic rings. The van der Waals surface area contributed by atoms with E-state index in [9.17, 15) is 0 Å². The van der Waals surface area contributed by atoms with Crippen molar-refractivity contribution in [3.63, 3.8) is 0 Å². The third kappa shape index (κ3) is 8.04. The lowest BCUT2D eigenvalue weighted by Gasteiger charge is -2.46. The van der Waals surface area contributed by atoms with Gasteiger partial charge in [-0.3, -0.25) is 0 Å². The normalized spacial score (nSPS) is 12.4. The molecule has 3 nitrogen and oxygen atoms in total. The second-order valence-electron chi connectivity index (χ2n) is 21.8. The van der Waals surface area contributed by atoms with Crippen LogP contribution in [-0.2, 0) is 6.42 Å². The van der Waals surface area contributed by atoms with E-state index in [2.05, 4.69) is 307 Å². The molecule has 2 aliphatic heterocycles. The lowest BCUT2D eigenvalue weighted by atomic mass is 9.33. The molecule has 384 valence electrons. The van der Waals surface area contributed by atoms with E-state index in [0.29, 0.717) is 0 Å². The van der Waals surface area contributed by atoms with Crippen molar-refractivity contribution in [3.05, 3.63) is 290 Å². The van der Waals surface area contributed by atoms with Gasteiger partial charge in [0.25, 0.3) is 6.71 Å². The molecule has 0 aliphatic carbocycles. The zero-order chi connectivity index (χ0) is 54.0. The number of rotatable bonds is 11. The number of unbranched alkanes of at least 4 members (excludes halogenated alkanes) is 1. The second-order valence-corrected chi connectivity index (χ2v) is 21.8. The molecular weight excluding hydrogens is 978 g/mol. The Morgan fingerprint density at radius 3 is 1.40 bits per heavy atom. The maximum Gasteiger partial charge on any atom is 0.252 e. The van der Waals surface area contributed by atoms with Gasteiger partial charge in [0.1, 0.15) is 0 Å². The van der Waals surface area contributed by atoms with Crippen LogP contribution in [0.25, 0.3) is 83.1 Å². The molecule has 0 spiro atoms. The van der Waals surface area contributed by atoms with E-state index < -0.39 is 0 Å². The highest BCUT2D eigenvalue weighted by molar-refractivity contribution is 7.00. The van der Waals surface area contributed by atoms with Crippen LogP contribution in [0, 0.1) is 6.92 Å². The Morgan fingerprint density at radius 2 is 0.827 bits per heavy atom. The van der Waals surface area contributed by atoms with E-state index in [-0.39, 0.29) is 6.71 Å². The second kappa shape index (κ2) is 20.1. The van der Waals surface area contributed by atoms with Crippen LogP contribution >= 0.6 is 0 Å². The van der Waals surface area contributed by atoms with Gasteiger partial charge in [-0.15, -0.1) is 0 Å². The van der Waals surface area contributed by atoms with Gasteiger partial charge in [0.05, 0.1) is 22.4 Å². The average Bonchev–Trinajstić information content (AvgIpc) is 2.12. The number of para-hydroxylation sites is 4. The fourth-order valence-corrected chi connectivity index (χ4v) is 13.4. The average molecular weight is 1040 g/mol. The summed E-state index contributed by atoms with van der Waals surface area (Å²) in [5.74, 6) is 0. The molecule has 0 saturated heterocycles. The molecule has 0 saturated carbocycles. The molecule has 12 aromatic carbocycles. The van der Waals surface area contributed by atoms with Crippen molar-refractivity contribution in [3.8, 4) is 61.3 Å². The summed E-state index contributed by atoms with van der Waals surface area (Å²) in [5, 5.41) is 2.49. The van der Waals surface area contributed by atoms with Crippen LogP contribution in [0.4, 0.5) is 34.1 Å². The number of hydrogen-bond acceptors (Lipinski definition) is 2. The first-order valence-corrected chi connectivity index (χ1v) is 28.7. The Hall–Kier alpha value is -9.90. The predicted octanol–water partition coefficient (Wildman–Crippen LogP) is 18.9. The number of nitrogens with zero attached hydrogens (tertiary/aromatic N) is 3. The largest absolute Gasteiger partial charge is 0.310 e. The molecule has 3 heterocycles. The third-order valence-electron chi connectivity index (χ3n) is 17.1. The van der Waals surface area contributed by atoms with Crippen LogP contribution in [0.15, 0.2) is 279 Å². The molecule has 0 amide bonds. The van der Waals surface area contributed by atoms with Gasteiger partial charge in [0.15, 0.2) is 0 Å². The van der Waals surface area contributed by atoms with Gasteiger partial charge in [-0.25, -0.2) is 0 Å². The molecule has 4 heteroatoms. The van der Waals surface area contributed by atoms with E-state index in [4.69, 9.17) is 0 Å². The van der Waals surface area contributed by atoms with Crippen LogP contribution < -0.4 is 26.2 Å². The Bertz CT molecular complexity index is 4420. The number of hydrogen-bond donors (Lipinski definition) is 0. The summed E-state index contributed by atoms with van der Waals surface area (Å²) in [5.41, 5.74) is 28.8. The molecule has 0 radical (unpaired) electrons. The zero-order valence-corrected chi connectivity index (χ0v) is 45.6. The van der Waals surface area contributed by atoms with Crippen LogP contribution in [0.3, 0.4) is 0 Å². The number of benzene rings is 12. The number of anilines is 6. The van der Waals surface area contributed by atoms with Crippen molar-refractivity contribution in [2.75, 3.05) is 9.80 Å². The SMILES string of the molecule is CCCCc1cc2c3c(c1)N(c1c(-c4ccccc4)cccc1-c1ccccc1C)c1cc(-n4c5ccccc5c5ccccc54)ccc1B3c1cc(-c3ccccc3)ccc1N2c1c(-c2ccccc2)cccc1-c1ccccc1. The van der Waals surface area contributed by atoms with E-state index in [1.807, 2.05) is 0 Å². The van der Waals surface area contributed by atoms with Crippen LogP contribution in [0.5, 0.6) is 0 Å². The molecule has 0 atom stereocenters. The minimum Gasteiger partial charge on any atom is -0.310 e. The monoisotopic (exact) mass is 1040 g/mol. The van der Waals surface area contributed by atoms with Crippen molar-refractivity contribution in [1.82, 2.24) is 4.57 Å². The van der Waals surface area contributed by atoms with Gasteiger partial charge < -0.3 is 14.4 Å². The topological polar surface area (TPSA) is 11.4 Å². The van der Waals surface area contributed by atoms with Crippen LogP contribution in [0.1, 0.15) is 30.9 Å². The van der Waals surface area contributed by atoms with Crippen molar-refractivity contribution < 1.29 is 0 Å². The molecule has 15 rings (SSSR count). The fraction of sp³-hybridized carbons (Fsp3) is 0.0649. The number of aromatic nitrogens is 1. The fourth-order valence-electron chi connectivity index (χ4n) is 13.4. The summed E-state index contributed by atoms with van der Waals surface area (Å²) in [7, 11) is 0. The maximum absolute atomic E-state index is 2.70. The minimum absolute atomic E-state index is 0.140. The quantitative estimate of drug-likeness (QED) is 0.120. The van der Waals surface area contributed by atoms with E-state index in [1.54, 1.807) is 0 Å². The van der Waals surface area contributed by atoms with Crippen molar-refractivity contribution in [1.29, 1.82) is 0 Å². The van der Waals surface area contributed by atoms with Gasteiger partial charge >= 0.3 is 0 Å². The summed E-state index contributed by atoms with van der Waals surface area (Å²) in [6.45, 7) is 4.44. The summed E-state index contributed by atoms with van der Waals surface area (Å²) < 4.78 is 2.49. The molecule has 81 heavy (non-hydrogen) atoms. The van der Waals surface area contributed by atoms with Crippen molar-refractivity contribution in [2.24, 2.45) is 0 Å². The zero-order valence-electron chi connectivity index (χ0n) is 45.6. The molecule has 0 fully saturated rings. The molecule has 0 N–H and O–H groups in total. The molecule has 1 aromatic heterocycles. The van der Waals surface area contributed by atoms with Gasteiger partial charge in [-0.1, -0.05) is 250 Å². The summed E-state index contributed by atoms with van der Waals surface area (Å²) in [6.07, 6.45) is 3.09. The Labute approximate surface area is 475 Å². The first-order chi connectivity index (χ1) is 40.1. The van der Waals surface area contributed by atoms with E-state index >= 15 is 0 Å². The molecule has 13 aromatic rings. The van der Waals surface area contributed by atoms with E-state index in [1.165, 1.54) is 133 Å². The summed E-state index contributed by atoms with van der Waals surface area (Å²) in [4.78, 5) is 5.37. The highest BCUT2D eigenvalue weighted by Crippen LogP contribution is 2.53. The highest BCUT2D eigenvalue weighted by Gasteiger charge is 2.45. The van der Waals surface area contributed by atoms with Gasteiger partial charge in [0.2, 0.25) is 0 Å². The first-order valence-electron chi connectivity index (χ1n) is 28.7. The maximum atomic E-state index is 2.70. The number of fused-ring (bicyclic) bond motifs is 7. The third-order valence-corrected chi connectivity index (χ3v) is 17.1. The first kappa shape index (κ1) is 48.2. The molecular formula is C77H58BN3. The molecule has 0 unspecified atom stereocenters.